The van der Waals surface area contributed by atoms with Gasteiger partial charge in [-0.25, -0.2) is 13.1 Å². The van der Waals surface area contributed by atoms with Crippen LogP contribution >= 0.6 is 11.3 Å². The monoisotopic (exact) mass is 314 g/mol. The van der Waals surface area contributed by atoms with Gasteiger partial charge in [-0.15, -0.1) is 11.3 Å². The third-order valence-corrected chi connectivity index (χ3v) is 4.80. The molecule has 2 N–H and O–H groups in total. The van der Waals surface area contributed by atoms with Gasteiger partial charge in [0.05, 0.1) is 0 Å². The van der Waals surface area contributed by atoms with Crippen molar-refractivity contribution in [1.29, 1.82) is 0 Å². The zero-order valence-corrected chi connectivity index (χ0v) is 12.4. The minimum absolute atomic E-state index is 0.0231. The number of rotatable bonds is 6. The molecule has 2 rings (SSSR count). The van der Waals surface area contributed by atoms with Crippen molar-refractivity contribution in [3.63, 3.8) is 0 Å². The van der Waals surface area contributed by atoms with E-state index >= 15 is 0 Å². The fourth-order valence-electron chi connectivity index (χ4n) is 1.53. The van der Waals surface area contributed by atoms with Gasteiger partial charge in [0.1, 0.15) is 0 Å². The van der Waals surface area contributed by atoms with Crippen LogP contribution in [0, 0.1) is 0 Å². The van der Waals surface area contributed by atoms with E-state index in [2.05, 4.69) is 10.0 Å². The molecule has 0 aliphatic rings. The molecule has 0 bridgehead atoms. The van der Waals surface area contributed by atoms with E-state index in [0.29, 0.717) is 6.54 Å². The number of thiophene rings is 1. The zero-order chi connectivity index (χ0) is 14.6. The van der Waals surface area contributed by atoms with Crippen LogP contribution in [-0.4, -0.2) is 27.9 Å². The lowest BCUT2D eigenvalue weighted by molar-refractivity contribution is 0.0921. The molecule has 1 amide bonds. The summed E-state index contributed by atoms with van der Waals surface area (Å²) in [5, 5.41) is 4.37. The number of furan rings is 1. The third-order valence-electron chi connectivity index (χ3n) is 2.58. The van der Waals surface area contributed by atoms with Gasteiger partial charge in [0.25, 0.3) is 15.9 Å². The Morgan fingerprint density at radius 1 is 1.35 bits per heavy atom. The highest BCUT2D eigenvalue weighted by molar-refractivity contribution is 7.89. The summed E-state index contributed by atoms with van der Waals surface area (Å²) in [6, 6.07) is 6.52. The molecule has 2 aromatic heterocycles. The molecule has 0 unspecified atom stereocenters. The van der Waals surface area contributed by atoms with Gasteiger partial charge in [-0.05, 0) is 37.0 Å². The van der Waals surface area contributed by atoms with Gasteiger partial charge >= 0.3 is 0 Å². The number of hydrogen-bond acceptors (Lipinski definition) is 5. The lowest BCUT2D eigenvalue weighted by Crippen LogP contribution is -2.25. The predicted molar refractivity (Wildman–Crippen MR) is 75.3 cm³/mol. The maximum Gasteiger partial charge on any atom is 0.287 e. The molecule has 0 aliphatic heterocycles. The molecule has 0 spiro atoms. The number of amides is 1. The minimum atomic E-state index is -3.66. The second-order valence-electron chi connectivity index (χ2n) is 3.91. The standard InChI is InChI=1S/C12H14N2O4S2/c1-13-20(16,17)11-5-4-10(18-11)12(15)14-7-6-9-3-2-8-19-9/h2-5,8,13H,6-7H2,1H3,(H,14,15). The number of nitrogens with one attached hydrogen (secondary N) is 2. The molecule has 6 nitrogen and oxygen atoms in total. The Bertz CT molecular complexity index is 674. The fraction of sp³-hybridized carbons (Fsp3) is 0.250. The van der Waals surface area contributed by atoms with Crippen LogP contribution < -0.4 is 10.0 Å². The lowest BCUT2D eigenvalue weighted by atomic mass is 10.3. The van der Waals surface area contributed by atoms with Crippen LogP contribution in [0.4, 0.5) is 0 Å². The summed E-state index contributed by atoms with van der Waals surface area (Å²) in [7, 11) is -2.39. The number of carbonyl (C=O) groups is 1. The summed E-state index contributed by atoms with van der Waals surface area (Å²) in [6.45, 7) is 0.466. The van der Waals surface area contributed by atoms with Gasteiger partial charge in [-0.1, -0.05) is 6.07 Å². The maximum absolute atomic E-state index is 11.8. The first-order valence-corrected chi connectivity index (χ1v) is 8.23. The third kappa shape index (κ3) is 3.47. The summed E-state index contributed by atoms with van der Waals surface area (Å²) in [5.41, 5.74) is 0. The van der Waals surface area contributed by atoms with Crippen LogP contribution in [0.5, 0.6) is 0 Å². The van der Waals surface area contributed by atoms with Crippen molar-refractivity contribution in [2.24, 2.45) is 0 Å². The predicted octanol–water partition coefficient (Wildman–Crippen LogP) is 1.22. The summed E-state index contributed by atoms with van der Waals surface area (Å²) >= 11 is 1.62. The molecular weight excluding hydrogens is 300 g/mol. The molecule has 0 saturated carbocycles. The first-order chi connectivity index (χ1) is 9.53. The van der Waals surface area contributed by atoms with Gasteiger partial charge in [-0.3, -0.25) is 4.79 Å². The quantitative estimate of drug-likeness (QED) is 0.839. The SMILES string of the molecule is CNS(=O)(=O)c1ccc(C(=O)NCCc2cccs2)o1. The highest BCUT2D eigenvalue weighted by atomic mass is 32.2. The van der Waals surface area contributed by atoms with Crippen molar-refractivity contribution in [1.82, 2.24) is 10.0 Å². The Balaban J connectivity index is 1.93. The highest BCUT2D eigenvalue weighted by Gasteiger charge is 2.19. The Morgan fingerprint density at radius 2 is 2.15 bits per heavy atom. The molecule has 0 saturated heterocycles. The molecule has 0 atom stereocenters. The summed E-state index contributed by atoms with van der Waals surface area (Å²) in [6.07, 6.45) is 0.728. The number of hydrogen-bond donors (Lipinski definition) is 2. The minimum Gasteiger partial charge on any atom is -0.438 e. The Labute approximate surface area is 120 Å². The van der Waals surface area contributed by atoms with E-state index in [-0.39, 0.29) is 10.9 Å². The van der Waals surface area contributed by atoms with Crippen LogP contribution in [0.1, 0.15) is 15.4 Å². The molecule has 20 heavy (non-hydrogen) atoms. The molecule has 0 aliphatic carbocycles. The first-order valence-electron chi connectivity index (χ1n) is 5.87. The second-order valence-corrected chi connectivity index (χ2v) is 6.76. The van der Waals surface area contributed by atoms with Crippen molar-refractivity contribution in [3.8, 4) is 0 Å². The van der Waals surface area contributed by atoms with Crippen LogP contribution in [0.25, 0.3) is 0 Å². The zero-order valence-electron chi connectivity index (χ0n) is 10.8. The van der Waals surface area contributed by atoms with Crippen molar-refractivity contribution in [2.75, 3.05) is 13.6 Å². The normalized spacial score (nSPS) is 11.4. The van der Waals surface area contributed by atoms with Crippen molar-refractivity contribution in [3.05, 3.63) is 40.3 Å². The van der Waals surface area contributed by atoms with Gasteiger partial charge < -0.3 is 9.73 Å². The Morgan fingerprint density at radius 3 is 2.80 bits per heavy atom. The van der Waals surface area contributed by atoms with E-state index in [1.54, 1.807) is 11.3 Å². The fourth-order valence-corrected chi connectivity index (χ4v) is 2.89. The molecule has 2 aromatic rings. The molecular formula is C12H14N2O4S2. The van der Waals surface area contributed by atoms with Crippen LogP contribution in [0.3, 0.4) is 0 Å². The van der Waals surface area contributed by atoms with Crippen molar-refractivity contribution < 1.29 is 17.6 Å². The van der Waals surface area contributed by atoms with E-state index in [1.165, 1.54) is 24.1 Å². The van der Waals surface area contributed by atoms with Crippen LogP contribution in [0.15, 0.2) is 39.2 Å². The lowest BCUT2D eigenvalue weighted by Gasteiger charge is -2.01. The van der Waals surface area contributed by atoms with E-state index in [0.717, 1.165) is 6.42 Å². The molecule has 0 fully saturated rings. The molecule has 2 heterocycles. The van der Waals surface area contributed by atoms with E-state index in [1.807, 2.05) is 17.5 Å². The van der Waals surface area contributed by atoms with Gasteiger partial charge in [0.2, 0.25) is 5.09 Å². The van der Waals surface area contributed by atoms with Crippen molar-refractivity contribution in [2.45, 2.75) is 11.5 Å². The van der Waals surface area contributed by atoms with E-state index in [4.69, 9.17) is 4.42 Å². The topological polar surface area (TPSA) is 88.4 Å². The Kier molecular flexibility index (Phi) is 4.58. The highest BCUT2D eigenvalue weighted by Crippen LogP contribution is 2.13. The average molecular weight is 314 g/mol. The summed E-state index contributed by atoms with van der Waals surface area (Å²) in [4.78, 5) is 13.0. The molecule has 108 valence electrons. The summed E-state index contributed by atoms with van der Waals surface area (Å²) in [5.74, 6) is -0.455. The second kappa shape index (κ2) is 6.21. The van der Waals surface area contributed by atoms with Gasteiger partial charge in [-0.2, -0.15) is 0 Å². The smallest absolute Gasteiger partial charge is 0.287 e. The van der Waals surface area contributed by atoms with Gasteiger partial charge in [0, 0.05) is 11.4 Å². The largest absolute Gasteiger partial charge is 0.438 e. The van der Waals surface area contributed by atoms with Crippen molar-refractivity contribution >= 4 is 27.3 Å². The van der Waals surface area contributed by atoms with E-state index < -0.39 is 15.9 Å². The number of carbonyl (C=O) groups excluding carboxylic acids is 1. The van der Waals surface area contributed by atoms with Crippen LogP contribution in [0.2, 0.25) is 0 Å². The molecule has 0 aromatic carbocycles. The van der Waals surface area contributed by atoms with E-state index in [9.17, 15) is 13.2 Å². The number of sulfonamides is 1. The van der Waals surface area contributed by atoms with Gasteiger partial charge in [0.15, 0.2) is 5.76 Å². The Hall–Kier alpha value is -1.64. The molecule has 0 radical (unpaired) electrons. The maximum atomic E-state index is 11.8. The average Bonchev–Trinajstić information content (AvgIpc) is 3.10. The summed E-state index contributed by atoms with van der Waals surface area (Å²) < 4.78 is 30.1. The van der Waals surface area contributed by atoms with Crippen LogP contribution in [-0.2, 0) is 16.4 Å². The first kappa shape index (κ1) is 14.8. The molecule has 8 heteroatoms.